The van der Waals surface area contributed by atoms with Gasteiger partial charge in [0.05, 0.1) is 16.6 Å². The first-order valence-electron chi connectivity index (χ1n) is 7.97. The van der Waals surface area contributed by atoms with Gasteiger partial charge in [-0.3, -0.25) is 14.2 Å². The van der Waals surface area contributed by atoms with Gasteiger partial charge in [-0.1, -0.05) is 35.1 Å². The van der Waals surface area contributed by atoms with Gasteiger partial charge in [0.1, 0.15) is 0 Å². The van der Waals surface area contributed by atoms with Crippen LogP contribution in [0.3, 0.4) is 0 Å². The molecule has 1 amide bonds. The Morgan fingerprint density at radius 3 is 2.67 bits per heavy atom. The lowest BCUT2D eigenvalue weighted by Crippen LogP contribution is -2.15. The van der Waals surface area contributed by atoms with Crippen LogP contribution in [0.1, 0.15) is 23.6 Å². The Bertz CT molecular complexity index is 969. The fourth-order valence-electron chi connectivity index (χ4n) is 2.87. The molecule has 0 fully saturated rings. The highest BCUT2D eigenvalue weighted by Gasteiger charge is 2.10. The van der Waals surface area contributed by atoms with Crippen LogP contribution in [-0.4, -0.2) is 10.5 Å². The summed E-state index contributed by atoms with van der Waals surface area (Å²) >= 11 is 1.21. The van der Waals surface area contributed by atoms with Crippen LogP contribution in [0.5, 0.6) is 0 Å². The first-order chi connectivity index (χ1) is 11.5. The molecule has 0 bridgehead atoms. The van der Waals surface area contributed by atoms with Crippen molar-refractivity contribution in [3.05, 3.63) is 62.8 Å². The van der Waals surface area contributed by atoms with Crippen molar-refractivity contribution in [2.24, 2.45) is 0 Å². The van der Waals surface area contributed by atoms with E-state index in [-0.39, 0.29) is 10.8 Å². The lowest BCUT2D eigenvalue weighted by Gasteiger charge is -2.08. The minimum absolute atomic E-state index is 0.0336. The van der Waals surface area contributed by atoms with E-state index < -0.39 is 0 Å². The lowest BCUT2D eigenvalue weighted by atomic mass is 10.0. The van der Waals surface area contributed by atoms with Crippen LogP contribution < -0.4 is 10.2 Å². The maximum atomic E-state index is 12.3. The second-order valence-electron chi connectivity index (χ2n) is 5.95. The summed E-state index contributed by atoms with van der Waals surface area (Å²) in [6, 6.07) is 11.7. The summed E-state index contributed by atoms with van der Waals surface area (Å²) in [5, 5.41) is 2.93. The predicted molar refractivity (Wildman–Crippen MR) is 100 cm³/mol. The minimum atomic E-state index is -0.0522. The molecule has 2 aromatic carbocycles. The third-order valence-electron chi connectivity index (χ3n) is 4.12. The highest BCUT2D eigenvalue weighted by Crippen LogP contribution is 2.22. The number of carbonyl (C=O) groups excluding carboxylic acids is 1. The zero-order valence-corrected chi connectivity index (χ0v) is 14.9. The van der Waals surface area contributed by atoms with E-state index in [1.54, 1.807) is 4.57 Å². The number of anilines is 1. The fraction of sp³-hybridized carbons (Fsp3) is 0.263. The Hall–Kier alpha value is -2.40. The average molecular weight is 340 g/mol. The molecule has 5 heteroatoms. The normalized spacial score (nSPS) is 11.0. The zero-order valence-electron chi connectivity index (χ0n) is 14.1. The number of rotatable bonds is 4. The molecular weight excluding hydrogens is 320 g/mol. The Kier molecular flexibility index (Phi) is 4.53. The lowest BCUT2D eigenvalue weighted by molar-refractivity contribution is -0.115. The number of aryl methyl sites for hydroxylation is 3. The molecule has 0 saturated heterocycles. The molecule has 3 rings (SSSR count). The summed E-state index contributed by atoms with van der Waals surface area (Å²) in [5.41, 5.74) is 4.99. The molecule has 1 N–H and O–H groups in total. The van der Waals surface area contributed by atoms with Gasteiger partial charge in [-0.25, -0.2) is 0 Å². The van der Waals surface area contributed by atoms with Crippen molar-refractivity contribution >= 4 is 33.1 Å². The summed E-state index contributed by atoms with van der Waals surface area (Å²) in [6.45, 7) is 6.66. The number of nitrogens with one attached hydrogen (secondary N) is 1. The Labute approximate surface area is 144 Å². The van der Waals surface area contributed by atoms with Gasteiger partial charge in [-0.05, 0) is 50.1 Å². The molecule has 0 aliphatic rings. The molecule has 0 unspecified atom stereocenters. The molecule has 124 valence electrons. The summed E-state index contributed by atoms with van der Waals surface area (Å²) in [4.78, 5) is 24.2. The van der Waals surface area contributed by atoms with E-state index >= 15 is 0 Å². The van der Waals surface area contributed by atoms with Crippen LogP contribution in [0, 0.1) is 13.8 Å². The van der Waals surface area contributed by atoms with Crippen molar-refractivity contribution < 1.29 is 4.79 Å². The summed E-state index contributed by atoms with van der Waals surface area (Å²) in [6.07, 6.45) is 0.344. The molecule has 1 aromatic heterocycles. The number of aromatic nitrogens is 1. The van der Waals surface area contributed by atoms with Crippen molar-refractivity contribution in [3.63, 3.8) is 0 Å². The van der Waals surface area contributed by atoms with Gasteiger partial charge >= 0.3 is 4.87 Å². The maximum absolute atomic E-state index is 12.3. The summed E-state index contributed by atoms with van der Waals surface area (Å²) in [5.74, 6) is -0.0522. The topological polar surface area (TPSA) is 51.1 Å². The number of hydrogen-bond acceptors (Lipinski definition) is 3. The van der Waals surface area contributed by atoms with Crippen LogP contribution in [0.25, 0.3) is 10.2 Å². The number of carbonyl (C=O) groups is 1. The number of nitrogens with zero attached hydrogens (tertiary/aromatic N) is 1. The highest BCUT2D eigenvalue weighted by atomic mass is 32.1. The van der Waals surface area contributed by atoms with Gasteiger partial charge < -0.3 is 5.32 Å². The van der Waals surface area contributed by atoms with E-state index in [0.717, 1.165) is 27.0 Å². The standard InChI is InChI=1S/C19H20N2O2S/c1-4-21-16-8-7-15(11-17(16)24-19(21)23)20-18(22)10-14-6-5-12(2)9-13(14)3/h5-9,11H,4,10H2,1-3H3,(H,20,22). The average Bonchev–Trinajstić information content (AvgIpc) is 2.84. The highest BCUT2D eigenvalue weighted by molar-refractivity contribution is 7.16. The molecule has 0 saturated carbocycles. The van der Waals surface area contributed by atoms with Crippen molar-refractivity contribution in [3.8, 4) is 0 Å². The monoisotopic (exact) mass is 340 g/mol. The molecule has 4 nitrogen and oxygen atoms in total. The first-order valence-corrected chi connectivity index (χ1v) is 8.79. The second-order valence-corrected chi connectivity index (χ2v) is 6.94. The van der Waals surface area contributed by atoms with Crippen LogP contribution in [0.2, 0.25) is 0 Å². The molecule has 0 aliphatic carbocycles. The van der Waals surface area contributed by atoms with E-state index in [1.165, 1.54) is 16.9 Å². The SMILES string of the molecule is CCn1c(=O)sc2cc(NC(=O)Cc3ccc(C)cc3C)ccc21. The van der Waals surface area contributed by atoms with Crippen molar-refractivity contribution in [1.29, 1.82) is 0 Å². The number of benzene rings is 2. The van der Waals surface area contributed by atoms with Crippen molar-refractivity contribution in [2.75, 3.05) is 5.32 Å². The summed E-state index contributed by atoms with van der Waals surface area (Å²) in [7, 11) is 0. The molecule has 0 spiro atoms. The molecule has 0 radical (unpaired) electrons. The second kappa shape index (κ2) is 6.61. The number of amides is 1. The first kappa shape index (κ1) is 16.5. The zero-order chi connectivity index (χ0) is 17.3. The van der Waals surface area contributed by atoms with Gasteiger partial charge in [0.15, 0.2) is 0 Å². The molecule has 0 atom stereocenters. The molecule has 24 heavy (non-hydrogen) atoms. The van der Waals surface area contributed by atoms with E-state index in [0.29, 0.717) is 13.0 Å². The molecule has 3 aromatic rings. The maximum Gasteiger partial charge on any atom is 0.308 e. The smallest absolute Gasteiger partial charge is 0.308 e. The minimum Gasteiger partial charge on any atom is -0.326 e. The van der Waals surface area contributed by atoms with E-state index in [1.807, 2.05) is 51.1 Å². The number of fused-ring (bicyclic) bond motifs is 1. The van der Waals surface area contributed by atoms with Crippen molar-refractivity contribution in [1.82, 2.24) is 4.57 Å². The van der Waals surface area contributed by atoms with Gasteiger partial charge in [-0.15, -0.1) is 0 Å². The molecular formula is C19H20N2O2S. The molecule has 1 heterocycles. The van der Waals surface area contributed by atoms with Crippen LogP contribution >= 0.6 is 11.3 Å². The van der Waals surface area contributed by atoms with Gasteiger partial charge in [0.25, 0.3) is 0 Å². The number of hydrogen-bond donors (Lipinski definition) is 1. The van der Waals surface area contributed by atoms with E-state index in [2.05, 4.69) is 11.4 Å². The molecule has 0 aliphatic heterocycles. The fourth-order valence-corrected chi connectivity index (χ4v) is 3.86. The predicted octanol–water partition coefficient (Wildman–Crippen LogP) is 3.88. The number of thiazole rings is 1. The summed E-state index contributed by atoms with van der Waals surface area (Å²) < 4.78 is 2.63. The Morgan fingerprint density at radius 1 is 1.17 bits per heavy atom. The van der Waals surface area contributed by atoms with Crippen LogP contribution in [-0.2, 0) is 17.8 Å². The van der Waals surface area contributed by atoms with E-state index in [4.69, 9.17) is 0 Å². The van der Waals surface area contributed by atoms with Gasteiger partial charge in [0.2, 0.25) is 5.91 Å². The van der Waals surface area contributed by atoms with Crippen LogP contribution in [0.4, 0.5) is 5.69 Å². The van der Waals surface area contributed by atoms with Crippen LogP contribution in [0.15, 0.2) is 41.2 Å². The van der Waals surface area contributed by atoms with Crippen molar-refractivity contribution in [2.45, 2.75) is 33.7 Å². The van der Waals surface area contributed by atoms with Gasteiger partial charge in [0, 0.05) is 12.2 Å². The van der Waals surface area contributed by atoms with Gasteiger partial charge in [-0.2, -0.15) is 0 Å². The quantitative estimate of drug-likeness (QED) is 0.783. The Balaban J connectivity index is 1.79. The Morgan fingerprint density at radius 2 is 1.96 bits per heavy atom. The largest absolute Gasteiger partial charge is 0.326 e. The van der Waals surface area contributed by atoms with E-state index in [9.17, 15) is 9.59 Å². The third-order valence-corrected chi connectivity index (χ3v) is 5.06. The third kappa shape index (κ3) is 3.26.